The van der Waals surface area contributed by atoms with Crippen LogP contribution in [0.1, 0.15) is 30.1 Å². The van der Waals surface area contributed by atoms with Gasteiger partial charge < -0.3 is 10.2 Å². The number of hydrogen-bond acceptors (Lipinski definition) is 5. The van der Waals surface area contributed by atoms with E-state index in [0.717, 1.165) is 24.8 Å². The van der Waals surface area contributed by atoms with Crippen molar-refractivity contribution in [2.45, 2.75) is 19.8 Å². The van der Waals surface area contributed by atoms with Crippen LogP contribution in [-0.4, -0.2) is 29.0 Å². The van der Waals surface area contributed by atoms with E-state index in [4.69, 9.17) is 0 Å². The molecule has 6 heteroatoms. The number of aromatic nitrogens is 2. The maximum absolute atomic E-state index is 12.0. The van der Waals surface area contributed by atoms with Crippen LogP contribution in [0.15, 0.2) is 29.2 Å². The summed E-state index contributed by atoms with van der Waals surface area (Å²) in [6.45, 7) is 4.30. The maximum atomic E-state index is 12.0. The van der Waals surface area contributed by atoms with Crippen LogP contribution in [0.5, 0.6) is 0 Å². The van der Waals surface area contributed by atoms with Gasteiger partial charge in [-0.25, -0.2) is 9.97 Å². The molecule has 1 fully saturated rings. The Morgan fingerprint density at radius 2 is 2.19 bits per heavy atom. The van der Waals surface area contributed by atoms with Crippen LogP contribution in [0.4, 0.5) is 11.6 Å². The summed E-state index contributed by atoms with van der Waals surface area (Å²) in [5.74, 6) is 2.08. The number of nitrogens with zero attached hydrogens (tertiary/aromatic N) is 3. The second-order valence-corrected chi connectivity index (χ2v) is 6.18. The lowest BCUT2D eigenvalue weighted by Crippen LogP contribution is -2.33. The minimum atomic E-state index is -0.131. The van der Waals surface area contributed by atoms with E-state index in [-0.39, 0.29) is 5.91 Å². The Labute approximate surface area is 128 Å². The fraction of sp³-hybridized carbons (Fsp3) is 0.400. The van der Waals surface area contributed by atoms with Crippen molar-refractivity contribution in [2.75, 3.05) is 23.3 Å². The summed E-state index contributed by atoms with van der Waals surface area (Å²) in [6, 6.07) is 3.65. The molecule has 0 spiro atoms. The third kappa shape index (κ3) is 3.39. The van der Waals surface area contributed by atoms with E-state index in [1.165, 1.54) is 30.5 Å². The van der Waals surface area contributed by atoms with Gasteiger partial charge in [-0.15, -0.1) is 0 Å². The van der Waals surface area contributed by atoms with Gasteiger partial charge in [0, 0.05) is 24.5 Å². The quantitative estimate of drug-likeness (QED) is 0.947. The molecular weight excluding hydrogens is 284 g/mol. The SMILES string of the molecule is CC1CCN(c2cc(NC(=O)c3ccsc3)ncn2)CC1. The third-order valence-corrected chi connectivity index (χ3v) is 4.47. The summed E-state index contributed by atoms with van der Waals surface area (Å²) >= 11 is 1.50. The Balaban J connectivity index is 1.70. The number of anilines is 2. The van der Waals surface area contributed by atoms with E-state index in [1.54, 1.807) is 6.07 Å². The summed E-state index contributed by atoms with van der Waals surface area (Å²) in [7, 11) is 0. The van der Waals surface area contributed by atoms with Crippen LogP contribution in [0, 0.1) is 5.92 Å². The molecule has 1 amide bonds. The van der Waals surface area contributed by atoms with E-state index in [0.29, 0.717) is 11.4 Å². The summed E-state index contributed by atoms with van der Waals surface area (Å²) in [5, 5.41) is 6.53. The van der Waals surface area contributed by atoms with Gasteiger partial charge in [0.1, 0.15) is 18.0 Å². The molecular formula is C15H18N4OS. The zero-order valence-electron chi connectivity index (χ0n) is 12.0. The molecule has 0 radical (unpaired) electrons. The van der Waals surface area contributed by atoms with Crippen molar-refractivity contribution < 1.29 is 4.79 Å². The smallest absolute Gasteiger partial charge is 0.257 e. The number of amides is 1. The zero-order chi connectivity index (χ0) is 14.7. The predicted molar refractivity (Wildman–Crippen MR) is 84.9 cm³/mol. The van der Waals surface area contributed by atoms with Gasteiger partial charge in [-0.2, -0.15) is 11.3 Å². The zero-order valence-corrected chi connectivity index (χ0v) is 12.8. The fourth-order valence-electron chi connectivity index (χ4n) is 2.41. The van der Waals surface area contributed by atoms with Gasteiger partial charge in [-0.3, -0.25) is 4.79 Å². The Hall–Kier alpha value is -1.95. The molecule has 3 rings (SSSR count). The van der Waals surface area contributed by atoms with E-state index >= 15 is 0 Å². The summed E-state index contributed by atoms with van der Waals surface area (Å²) in [4.78, 5) is 22.7. The maximum Gasteiger partial charge on any atom is 0.257 e. The molecule has 1 aliphatic heterocycles. The van der Waals surface area contributed by atoms with Crippen molar-refractivity contribution >= 4 is 28.9 Å². The highest BCUT2D eigenvalue weighted by Gasteiger charge is 2.17. The molecule has 0 bridgehead atoms. The van der Waals surface area contributed by atoms with E-state index in [1.807, 2.05) is 16.8 Å². The fourth-order valence-corrected chi connectivity index (χ4v) is 3.04. The van der Waals surface area contributed by atoms with Crippen LogP contribution < -0.4 is 10.2 Å². The van der Waals surface area contributed by atoms with Crippen LogP contribution in [0.2, 0.25) is 0 Å². The van der Waals surface area contributed by atoms with Gasteiger partial charge in [-0.1, -0.05) is 6.92 Å². The van der Waals surface area contributed by atoms with Crippen molar-refractivity contribution in [3.05, 3.63) is 34.8 Å². The Morgan fingerprint density at radius 3 is 2.90 bits per heavy atom. The molecule has 21 heavy (non-hydrogen) atoms. The second-order valence-electron chi connectivity index (χ2n) is 5.40. The van der Waals surface area contributed by atoms with Crippen molar-refractivity contribution in [1.29, 1.82) is 0 Å². The van der Waals surface area contributed by atoms with Crippen LogP contribution >= 0.6 is 11.3 Å². The van der Waals surface area contributed by atoms with E-state index < -0.39 is 0 Å². The molecule has 2 aromatic heterocycles. The lowest BCUT2D eigenvalue weighted by atomic mass is 9.99. The largest absolute Gasteiger partial charge is 0.356 e. The molecule has 0 saturated carbocycles. The first-order chi connectivity index (χ1) is 10.2. The molecule has 110 valence electrons. The number of hydrogen-bond donors (Lipinski definition) is 1. The molecule has 2 aromatic rings. The van der Waals surface area contributed by atoms with E-state index in [9.17, 15) is 4.79 Å². The highest BCUT2D eigenvalue weighted by atomic mass is 32.1. The molecule has 5 nitrogen and oxygen atoms in total. The molecule has 1 aliphatic rings. The number of nitrogens with one attached hydrogen (secondary N) is 1. The van der Waals surface area contributed by atoms with Crippen molar-refractivity contribution in [2.24, 2.45) is 5.92 Å². The highest BCUT2D eigenvalue weighted by molar-refractivity contribution is 7.08. The van der Waals surface area contributed by atoms with Gasteiger partial charge in [-0.05, 0) is 30.2 Å². The van der Waals surface area contributed by atoms with Gasteiger partial charge in [0.15, 0.2) is 0 Å². The summed E-state index contributed by atoms with van der Waals surface area (Å²) in [6.07, 6.45) is 3.87. The third-order valence-electron chi connectivity index (χ3n) is 3.79. The van der Waals surface area contributed by atoms with Gasteiger partial charge in [0.2, 0.25) is 0 Å². The topological polar surface area (TPSA) is 58.1 Å². The van der Waals surface area contributed by atoms with Crippen molar-refractivity contribution in [3.8, 4) is 0 Å². The Kier molecular flexibility index (Phi) is 4.15. The first-order valence-electron chi connectivity index (χ1n) is 7.13. The standard InChI is InChI=1S/C15H18N4OS/c1-11-2-5-19(6-3-11)14-8-13(16-10-17-14)18-15(20)12-4-7-21-9-12/h4,7-11H,2-3,5-6H2,1H3,(H,16,17,18,20). The highest BCUT2D eigenvalue weighted by Crippen LogP contribution is 2.22. The first kappa shape index (κ1) is 14.0. The summed E-state index contributed by atoms with van der Waals surface area (Å²) < 4.78 is 0. The minimum absolute atomic E-state index is 0.131. The average Bonchev–Trinajstić information content (AvgIpc) is 3.02. The Morgan fingerprint density at radius 1 is 1.38 bits per heavy atom. The number of thiophene rings is 1. The molecule has 1 saturated heterocycles. The molecule has 0 atom stereocenters. The van der Waals surface area contributed by atoms with Gasteiger partial charge in [0.25, 0.3) is 5.91 Å². The molecule has 0 unspecified atom stereocenters. The predicted octanol–water partition coefficient (Wildman–Crippen LogP) is 3.03. The van der Waals surface area contributed by atoms with Crippen LogP contribution in [0.25, 0.3) is 0 Å². The number of carbonyl (C=O) groups excluding carboxylic acids is 1. The molecule has 1 N–H and O–H groups in total. The molecule has 0 aliphatic carbocycles. The monoisotopic (exact) mass is 302 g/mol. The van der Waals surface area contributed by atoms with Gasteiger partial charge >= 0.3 is 0 Å². The van der Waals surface area contributed by atoms with Crippen LogP contribution in [-0.2, 0) is 0 Å². The van der Waals surface area contributed by atoms with E-state index in [2.05, 4.69) is 27.1 Å². The first-order valence-corrected chi connectivity index (χ1v) is 8.07. The Bertz CT molecular complexity index is 606. The lowest BCUT2D eigenvalue weighted by molar-refractivity contribution is 0.102. The summed E-state index contributed by atoms with van der Waals surface area (Å²) in [5.41, 5.74) is 0.659. The molecule has 3 heterocycles. The number of piperidine rings is 1. The normalized spacial score (nSPS) is 16.0. The van der Waals surface area contributed by atoms with Crippen molar-refractivity contribution in [1.82, 2.24) is 9.97 Å². The average molecular weight is 302 g/mol. The minimum Gasteiger partial charge on any atom is -0.356 e. The number of carbonyl (C=O) groups is 1. The number of rotatable bonds is 3. The van der Waals surface area contributed by atoms with Crippen LogP contribution in [0.3, 0.4) is 0 Å². The molecule has 0 aromatic carbocycles. The van der Waals surface area contributed by atoms with Gasteiger partial charge in [0.05, 0.1) is 5.56 Å². The second kappa shape index (κ2) is 6.22. The van der Waals surface area contributed by atoms with Crippen molar-refractivity contribution in [3.63, 3.8) is 0 Å². The lowest BCUT2D eigenvalue weighted by Gasteiger charge is -2.31.